The molecule has 0 aliphatic carbocycles. The van der Waals surface area contributed by atoms with E-state index in [1.807, 2.05) is 48.6 Å². The fourth-order valence-corrected chi connectivity index (χ4v) is 1.50. The van der Waals surface area contributed by atoms with Gasteiger partial charge in [-0.15, -0.1) is 0 Å². The number of hydrogen-bond donors (Lipinski definition) is 0. The largest absolute Gasteiger partial charge is 0.270 e. The van der Waals surface area contributed by atoms with Crippen LogP contribution in [0.2, 0.25) is 0 Å². The molecule has 0 bridgehead atoms. The quantitative estimate of drug-likeness (QED) is 0.453. The van der Waals surface area contributed by atoms with E-state index in [9.17, 15) is 10.1 Å². The predicted octanol–water partition coefficient (Wildman–Crippen LogP) is 3.77. The monoisotopic (exact) mass is 225 g/mol. The molecular formula is C14H11NO2. The first kappa shape index (κ1) is 11.1. The molecule has 0 aromatic heterocycles. The molecule has 17 heavy (non-hydrogen) atoms. The standard InChI is InChI=1S/C14H11NO2/c16-15(17)14-8-4-7-13(11-14)10-9-12-5-2-1-3-6-12/h1-11H/b10-9+. The lowest BCUT2D eigenvalue weighted by Crippen LogP contribution is -1.87. The molecular weight excluding hydrogens is 214 g/mol. The minimum Gasteiger partial charge on any atom is -0.258 e. The van der Waals surface area contributed by atoms with Crippen LogP contribution in [0.4, 0.5) is 5.69 Å². The van der Waals surface area contributed by atoms with E-state index in [1.165, 1.54) is 6.07 Å². The van der Waals surface area contributed by atoms with Crippen LogP contribution < -0.4 is 0 Å². The molecule has 0 aliphatic rings. The Balaban J connectivity index is 2.22. The summed E-state index contributed by atoms with van der Waals surface area (Å²) in [5.41, 5.74) is 2.00. The third-order valence-corrected chi connectivity index (χ3v) is 2.35. The third kappa shape index (κ3) is 3.01. The van der Waals surface area contributed by atoms with E-state index >= 15 is 0 Å². The van der Waals surface area contributed by atoms with Crippen molar-refractivity contribution in [3.05, 3.63) is 75.8 Å². The van der Waals surface area contributed by atoms with Crippen LogP contribution in [0.15, 0.2) is 54.6 Å². The number of non-ortho nitro benzene ring substituents is 1. The van der Waals surface area contributed by atoms with Gasteiger partial charge >= 0.3 is 0 Å². The zero-order valence-corrected chi connectivity index (χ0v) is 9.11. The summed E-state index contributed by atoms with van der Waals surface area (Å²) < 4.78 is 0. The molecule has 0 unspecified atom stereocenters. The van der Waals surface area contributed by atoms with E-state index < -0.39 is 0 Å². The van der Waals surface area contributed by atoms with E-state index in [-0.39, 0.29) is 10.6 Å². The van der Waals surface area contributed by atoms with Gasteiger partial charge in [-0.3, -0.25) is 10.1 Å². The summed E-state index contributed by atoms with van der Waals surface area (Å²) in [6.45, 7) is 0. The summed E-state index contributed by atoms with van der Waals surface area (Å²) in [6.07, 6.45) is 3.79. The molecule has 2 rings (SSSR count). The van der Waals surface area contributed by atoms with Gasteiger partial charge in [0.05, 0.1) is 4.92 Å². The Morgan fingerprint density at radius 1 is 0.882 bits per heavy atom. The lowest BCUT2D eigenvalue weighted by Gasteiger charge is -1.95. The predicted molar refractivity (Wildman–Crippen MR) is 68.5 cm³/mol. The van der Waals surface area contributed by atoms with E-state index in [2.05, 4.69) is 0 Å². The van der Waals surface area contributed by atoms with Crippen molar-refractivity contribution in [1.82, 2.24) is 0 Å². The first-order chi connectivity index (χ1) is 8.25. The summed E-state index contributed by atoms with van der Waals surface area (Å²) in [7, 11) is 0. The first-order valence-corrected chi connectivity index (χ1v) is 5.23. The SMILES string of the molecule is O=[N+]([O-])c1cccc(/C=C/c2ccccc2)c1. The highest BCUT2D eigenvalue weighted by atomic mass is 16.6. The second kappa shape index (κ2) is 5.07. The average Bonchev–Trinajstić information content (AvgIpc) is 2.38. The maximum Gasteiger partial charge on any atom is 0.270 e. The van der Waals surface area contributed by atoms with Gasteiger partial charge in [0.2, 0.25) is 0 Å². The Labute approximate surface area is 99.2 Å². The first-order valence-electron chi connectivity index (χ1n) is 5.23. The maximum atomic E-state index is 10.6. The molecule has 0 N–H and O–H groups in total. The van der Waals surface area contributed by atoms with Crippen LogP contribution in [0, 0.1) is 10.1 Å². The van der Waals surface area contributed by atoms with Crippen molar-refractivity contribution in [1.29, 1.82) is 0 Å². The van der Waals surface area contributed by atoms with Crippen molar-refractivity contribution >= 4 is 17.8 Å². The summed E-state index contributed by atoms with van der Waals surface area (Å²) in [5, 5.41) is 10.6. The third-order valence-electron chi connectivity index (χ3n) is 2.35. The van der Waals surface area contributed by atoms with Crippen LogP contribution in [0.25, 0.3) is 12.2 Å². The highest BCUT2D eigenvalue weighted by Crippen LogP contribution is 2.15. The highest BCUT2D eigenvalue weighted by Gasteiger charge is 2.03. The Bertz CT molecular complexity index is 547. The van der Waals surface area contributed by atoms with Gasteiger partial charge in [-0.25, -0.2) is 0 Å². The molecule has 0 atom stereocenters. The number of hydrogen-bond acceptors (Lipinski definition) is 2. The summed E-state index contributed by atoms with van der Waals surface area (Å²) in [6, 6.07) is 16.4. The molecule has 0 saturated carbocycles. The highest BCUT2D eigenvalue weighted by molar-refractivity contribution is 5.70. The van der Waals surface area contributed by atoms with Crippen LogP contribution in [0.5, 0.6) is 0 Å². The lowest BCUT2D eigenvalue weighted by molar-refractivity contribution is -0.384. The van der Waals surface area contributed by atoms with Crippen molar-refractivity contribution in [2.45, 2.75) is 0 Å². The Morgan fingerprint density at radius 2 is 1.53 bits per heavy atom. The van der Waals surface area contributed by atoms with Crippen molar-refractivity contribution in [3.63, 3.8) is 0 Å². The number of benzene rings is 2. The minimum atomic E-state index is -0.389. The van der Waals surface area contributed by atoms with Gasteiger partial charge in [0.1, 0.15) is 0 Å². The van der Waals surface area contributed by atoms with Crippen molar-refractivity contribution in [3.8, 4) is 0 Å². The molecule has 3 heteroatoms. The molecule has 0 heterocycles. The summed E-state index contributed by atoms with van der Waals surface area (Å²) in [4.78, 5) is 10.2. The summed E-state index contributed by atoms with van der Waals surface area (Å²) in [5.74, 6) is 0. The van der Waals surface area contributed by atoms with E-state index in [4.69, 9.17) is 0 Å². The number of nitro benzene ring substituents is 1. The lowest BCUT2D eigenvalue weighted by atomic mass is 10.1. The molecule has 0 spiro atoms. The second-order valence-corrected chi connectivity index (χ2v) is 3.60. The fraction of sp³-hybridized carbons (Fsp3) is 0. The molecule has 2 aromatic carbocycles. The molecule has 0 radical (unpaired) electrons. The molecule has 0 amide bonds. The summed E-state index contributed by atoms with van der Waals surface area (Å²) >= 11 is 0. The number of rotatable bonds is 3. The zero-order valence-electron chi connectivity index (χ0n) is 9.11. The molecule has 84 valence electrons. The number of nitro groups is 1. The van der Waals surface area contributed by atoms with Gasteiger partial charge < -0.3 is 0 Å². The Hall–Kier alpha value is -2.42. The van der Waals surface area contributed by atoms with Gasteiger partial charge in [-0.2, -0.15) is 0 Å². The molecule has 0 saturated heterocycles. The topological polar surface area (TPSA) is 43.1 Å². The van der Waals surface area contributed by atoms with Gasteiger partial charge in [-0.1, -0.05) is 54.6 Å². The van der Waals surface area contributed by atoms with E-state index in [0.29, 0.717) is 0 Å². The van der Waals surface area contributed by atoms with E-state index in [1.54, 1.807) is 12.1 Å². The van der Waals surface area contributed by atoms with Gasteiger partial charge in [0.25, 0.3) is 5.69 Å². The van der Waals surface area contributed by atoms with Crippen LogP contribution >= 0.6 is 0 Å². The van der Waals surface area contributed by atoms with E-state index in [0.717, 1.165) is 11.1 Å². The van der Waals surface area contributed by atoms with Crippen LogP contribution in [-0.2, 0) is 0 Å². The number of nitrogens with zero attached hydrogens (tertiary/aromatic N) is 1. The normalized spacial score (nSPS) is 10.6. The average molecular weight is 225 g/mol. The van der Waals surface area contributed by atoms with Crippen molar-refractivity contribution < 1.29 is 4.92 Å². The molecule has 2 aromatic rings. The maximum absolute atomic E-state index is 10.6. The smallest absolute Gasteiger partial charge is 0.258 e. The van der Waals surface area contributed by atoms with Gasteiger partial charge in [-0.05, 0) is 11.1 Å². The Kier molecular flexibility index (Phi) is 3.31. The molecule has 3 nitrogen and oxygen atoms in total. The van der Waals surface area contributed by atoms with Crippen molar-refractivity contribution in [2.24, 2.45) is 0 Å². The van der Waals surface area contributed by atoms with Crippen LogP contribution in [0.1, 0.15) is 11.1 Å². The minimum absolute atomic E-state index is 0.111. The van der Waals surface area contributed by atoms with Gasteiger partial charge in [0.15, 0.2) is 0 Å². The van der Waals surface area contributed by atoms with Gasteiger partial charge in [0, 0.05) is 12.1 Å². The fourth-order valence-electron chi connectivity index (χ4n) is 1.50. The Morgan fingerprint density at radius 3 is 2.24 bits per heavy atom. The van der Waals surface area contributed by atoms with Crippen LogP contribution in [0.3, 0.4) is 0 Å². The molecule has 0 aliphatic heterocycles. The van der Waals surface area contributed by atoms with Crippen LogP contribution in [-0.4, -0.2) is 4.92 Å². The second-order valence-electron chi connectivity index (χ2n) is 3.60. The molecule has 0 fully saturated rings. The van der Waals surface area contributed by atoms with Crippen molar-refractivity contribution in [2.75, 3.05) is 0 Å². The zero-order chi connectivity index (χ0) is 12.1.